The molecule has 94 valence electrons. The lowest BCUT2D eigenvalue weighted by Gasteiger charge is -2.32. The Balaban J connectivity index is 2.09. The first-order valence-corrected chi connectivity index (χ1v) is 6.55. The second-order valence-electron chi connectivity index (χ2n) is 4.68. The molecule has 0 radical (unpaired) electrons. The van der Waals surface area contributed by atoms with Crippen LogP contribution < -0.4 is 0 Å². The molecule has 3 heteroatoms. The van der Waals surface area contributed by atoms with Gasteiger partial charge in [-0.3, -0.25) is 0 Å². The van der Waals surface area contributed by atoms with Gasteiger partial charge in [-0.05, 0) is 52.6 Å². The minimum absolute atomic E-state index is 0.311. The summed E-state index contributed by atoms with van der Waals surface area (Å²) in [4.78, 5) is 13.3. The first-order chi connectivity index (χ1) is 7.72. The van der Waals surface area contributed by atoms with Crippen LogP contribution >= 0.6 is 0 Å². The van der Waals surface area contributed by atoms with Crippen LogP contribution in [-0.2, 0) is 9.53 Å². The fraction of sp³-hybridized carbons (Fsp3) is 0.923. The average molecular weight is 227 g/mol. The number of nitrogens with zero attached hydrogens (tertiary/aromatic N) is 1. The maximum atomic E-state index is 10.8. The van der Waals surface area contributed by atoms with Crippen LogP contribution in [0.15, 0.2) is 0 Å². The Morgan fingerprint density at radius 3 is 2.94 bits per heavy atom. The molecule has 1 unspecified atom stereocenters. The number of Topliss-reactive ketones (excluding diaryl/α,β-unsaturated/α-hetero) is 1. The van der Waals surface area contributed by atoms with Crippen molar-refractivity contribution in [1.29, 1.82) is 0 Å². The van der Waals surface area contributed by atoms with Gasteiger partial charge >= 0.3 is 0 Å². The van der Waals surface area contributed by atoms with Gasteiger partial charge in [0.05, 0.1) is 6.10 Å². The number of rotatable bonds is 7. The summed E-state index contributed by atoms with van der Waals surface area (Å²) in [5.74, 6) is 0.311. The normalized spacial score (nSPS) is 22.2. The summed E-state index contributed by atoms with van der Waals surface area (Å²) in [5, 5.41) is 0. The minimum Gasteiger partial charge on any atom is -0.377 e. The van der Waals surface area contributed by atoms with Crippen molar-refractivity contribution in [1.82, 2.24) is 4.90 Å². The maximum Gasteiger partial charge on any atom is 0.129 e. The molecule has 3 nitrogen and oxygen atoms in total. The Morgan fingerprint density at radius 1 is 1.44 bits per heavy atom. The Hall–Kier alpha value is -0.410. The lowest BCUT2D eigenvalue weighted by molar-refractivity contribution is -0.117. The number of piperidine rings is 1. The van der Waals surface area contributed by atoms with Crippen molar-refractivity contribution in [2.24, 2.45) is 0 Å². The third-order valence-corrected chi connectivity index (χ3v) is 3.12. The van der Waals surface area contributed by atoms with Crippen molar-refractivity contribution in [2.75, 3.05) is 26.2 Å². The molecular weight excluding hydrogens is 202 g/mol. The SMILES string of the molecule is CCOC1CCCN(CCCCC(C)=O)C1. The van der Waals surface area contributed by atoms with Crippen LogP contribution in [0.5, 0.6) is 0 Å². The quantitative estimate of drug-likeness (QED) is 0.625. The minimum atomic E-state index is 0.311. The largest absolute Gasteiger partial charge is 0.377 e. The smallest absolute Gasteiger partial charge is 0.129 e. The molecule has 16 heavy (non-hydrogen) atoms. The zero-order chi connectivity index (χ0) is 11.8. The van der Waals surface area contributed by atoms with Crippen LogP contribution in [0.1, 0.15) is 46.0 Å². The van der Waals surface area contributed by atoms with Gasteiger partial charge in [-0.2, -0.15) is 0 Å². The predicted molar refractivity (Wildman–Crippen MR) is 65.6 cm³/mol. The number of hydrogen-bond acceptors (Lipinski definition) is 3. The molecule has 0 bridgehead atoms. The highest BCUT2D eigenvalue weighted by Crippen LogP contribution is 2.13. The summed E-state index contributed by atoms with van der Waals surface area (Å²) in [6, 6.07) is 0. The number of ketones is 1. The highest BCUT2D eigenvalue weighted by Gasteiger charge is 2.19. The van der Waals surface area contributed by atoms with Crippen LogP contribution in [0.2, 0.25) is 0 Å². The van der Waals surface area contributed by atoms with E-state index in [-0.39, 0.29) is 0 Å². The lowest BCUT2D eigenvalue weighted by atomic mass is 10.1. The van der Waals surface area contributed by atoms with E-state index in [4.69, 9.17) is 4.74 Å². The van der Waals surface area contributed by atoms with Gasteiger partial charge in [0.2, 0.25) is 0 Å². The van der Waals surface area contributed by atoms with Gasteiger partial charge in [0.15, 0.2) is 0 Å². The second-order valence-corrected chi connectivity index (χ2v) is 4.68. The van der Waals surface area contributed by atoms with E-state index < -0.39 is 0 Å². The summed E-state index contributed by atoms with van der Waals surface area (Å²) in [6.45, 7) is 7.95. The highest BCUT2D eigenvalue weighted by molar-refractivity contribution is 5.75. The Labute approximate surface area is 99.1 Å². The third-order valence-electron chi connectivity index (χ3n) is 3.12. The zero-order valence-corrected chi connectivity index (χ0v) is 10.7. The second kappa shape index (κ2) is 7.80. The highest BCUT2D eigenvalue weighted by atomic mass is 16.5. The molecule has 0 spiro atoms. The molecule has 1 fully saturated rings. The molecule has 0 aromatic carbocycles. The van der Waals surface area contributed by atoms with E-state index in [0.29, 0.717) is 11.9 Å². The summed E-state index contributed by atoms with van der Waals surface area (Å²) >= 11 is 0. The number of unbranched alkanes of at least 4 members (excludes halogenated alkanes) is 1. The van der Waals surface area contributed by atoms with Gasteiger partial charge in [-0.15, -0.1) is 0 Å². The Kier molecular flexibility index (Phi) is 6.65. The van der Waals surface area contributed by atoms with Crippen LogP contribution in [0, 0.1) is 0 Å². The van der Waals surface area contributed by atoms with Gasteiger partial charge < -0.3 is 14.4 Å². The standard InChI is InChI=1S/C13H25NO2/c1-3-16-13-8-6-10-14(11-13)9-5-4-7-12(2)15/h13H,3-11H2,1-2H3. The van der Waals surface area contributed by atoms with Crippen molar-refractivity contribution >= 4 is 5.78 Å². The molecule has 0 aromatic heterocycles. The van der Waals surface area contributed by atoms with Crippen molar-refractivity contribution < 1.29 is 9.53 Å². The van der Waals surface area contributed by atoms with Gasteiger partial charge in [-0.1, -0.05) is 0 Å². The van der Waals surface area contributed by atoms with Crippen molar-refractivity contribution in [3.63, 3.8) is 0 Å². The first-order valence-electron chi connectivity index (χ1n) is 6.55. The summed E-state index contributed by atoms with van der Waals surface area (Å²) in [7, 11) is 0. The molecule has 1 atom stereocenters. The van der Waals surface area contributed by atoms with Gasteiger partial charge in [0.1, 0.15) is 5.78 Å². The summed E-state index contributed by atoms with van der Waals surface area (Å²) < 4.78 is 5.66. The molecule has 1 aliphatic rings. The molecule has 1 saturated heterocycles. The number of ether oxygens (including phenoxy) is 1. The monoisotopic (exact) mass is 227 g/mol. The van der Waals surface area contributed by atoms with Gasteiger partial charge in [-0.25, -0.2) is 0 Å². The number of carbonyl (C=O) groups is 1. The van der Waals surface area contributed by atoms with Gasteiger partial charge in [0, 0.05) is 19.6 Å². The Bertz CT molecular complexity index is 204. The predicted octanol–water partition coefficient (Wildman–Crippen LogP) is 2.25. The number of carbonyl (C=O) groups excluding carboxylic acids is 1. The molecule has 0 aromatic rings. The molecule has 0 saturated carbocycles. The van der Waals surface area contributed by atoms with Crippen LogP contribution in [-0.4, -0.2) is 43.0 Å². The van der Waals surface area contributed by atoms with Crippen molar-refractivity contribution in [2.45, 2.75) is 52.1 Å². The molecule has 1 rings (SSSR count). The van der Waals surface area contributed by atoms with E-state index >= 15 is 0 Å². The summed E-state index contributed by atoms with van der Waals surface area (Å²) in [6.07, 6.45) is 5.80. The lowest BCUT2D eigenvalue weighted by Crippen LogP contribution is -2.40. The Morgan fingerprint density at radius 2 is 2.25 bits per heavy atom. The zero-order valence-electron chi connectivity index (χ0n) is 10.7. The molecule has 1 heterocycles. The van der Waals surface area contributed by atoms with Crippen LogP contribution in [0.25, 0.3) is 0 Å². The average Bonchev–Trinajstić information content (AvgIpc) is 2.25. The van der Waals surface area contributed by atoms with E-state index in [2.05, 4.69) is 11.8 Å². The molecule has 0 aliphatic carbocycles. The van der Waals surface area contributed by atoms with Crippen LogP contribution in [0.4, 0.5) is 0 Å². The number of likely N-dealkylation sites (tertiary alicyclic amines) is 1. The summed E-state index contributed by atoms with van der Waals surface area (Å²) in [5.41, 5.74) is 0. The van der Waals surface area contributed by atoms with E-state index in [0.717, 1.165) is 39.0 Å². The molecule has 0 N–H and O–H groups in total. The van der Waals surface area contributed by atoms with Crippen LogP contribution in [0.3, 0.4) is 0 Å². The van der Waals surface area contributed by atoms with E-state index in [1.807, 2.05) is 0 Å². The van der Waals surface area contributed by atoms with E-state index in [1.165, 1.54) is 19.4 Å². The van der Waals surface area contributed by atoms with Crippen molar-refractivity contribution in [3.8, 4) is 0 Å². The molecular formula is C13H25NO2. The molecule has 1 aliphatic heterocycles. The molecule has 0 amide bonds. The first kappa shape index (κ1) is 13.7. The topological polar surface area (TPSA) is 29.5 Å². The van der Waals surface area contributed by atoms with E-state index in [1.54, 1.807) is 6.92 Å². The van der Waals surface area contributed by atoms with Gasteiger partial charge in [0.25, 0.3) is 0 Å². The number of hydrogen-bond donors (Lipinski definition) is 0. The van der Waals surface area contributed by atoms with E-state index in [9.17, 15) is 4.79 Å². The fourth-order valence-corrected chi connectivity index (χ4v) is 2.30. The third kappa shape index (κ3) is 5.61. The van der Waals surface area contributed by atoms with Crippen molar-refractivity contribution in [3.05, 3.63) is 0 Å². The fourth-order valence-electron chi connectivity index (χ4n) is 2.30. The maximum absolute atomic E-state index is 10.8.